The van der Waals surface area contributed by atoms with E-state index in [0.29, 0.717) is 17.9 Å². The average molecular weight is 225 g/mol. The summed E-state index contributed by atoms with van der Waals surface area (Å²) in [5.41, 5.74) is 0. The van der Waals surface area contributed by atoms with Crippen molar-refractivity contribution in [3.05, 3.63) is 11.7 Å². The second kappa shape index (κ2) is 4.93. The molecule has 2 heterocycles. The molecule has 0 amide bonds. The van der Waals surface area contributed by atoms with Crippen LogP contribution in [-0.2, 0) is 11.3 Å². The van der Waals surface area contributed by atoms with Gasteiger partial charge in [0.25, 0.3) is 0 Å². The van der Waals surface area contributed by atoms with Gasteiger partial charge in [-0.05, 0) is 6.92 Å². The third kappa shape index (κ3) is 2.80. The van der Waals surface area contributed by atoms with E-state index in [1.165, 1.54) is 0 Å². The SMILES string of the molecule is CC(C)c1noc(CN2CCO[C@H](C)C2)n1. The summed E-state index contributed by atoms with van der Waals surface area (Å²) in [6, 6.07) is 0. The van der Waals surface area contributed by atoms with Crippen LogP contribution in [0.3, 0.4) is 0 Å². The maximum Gasteiger partial charge on any atom is 0.240 e. The standard InChI is InChI=1S/C11H19N3O2/c1-8(2)11-12-10(16-13-11)7-14-4-5-15-9(3)6-14/h8-9H,4-7H2,1-3H3/t9-/m1/s1. The Morgan fingerprint density at radius 1 is 1.50 bits per heavy atom. The first kappa shape index (κ1) is 11.5. The predicted molar refractivity (Wildman–Crippen MR) is 59.1 cm³/mol. The van der Waals surface area contributed by atoms with E-state index in [1.54, 1.807) is 0 Å². The van der Waals surface area contributed by atoms with Gasteiger partial charge in [0, 0.05) is 19.0 Å². The summed E-state index contributed by atoms with van der Waals surface area (Å²) in [4.78, 5) is 6.65. The number of ether oxygens (including phenoxy) is 1. The first-order valence-electron chi connectivity index (χ1n) is 5.81. The highest BCUT2D eigenvalue weighted by Gasteiger charge is 2.19. The highest BCUT2D eigenvalue weighted by Crippen LogP contribution is 2.12. The van der Waals surface area contributed by atoms with Crippen molar-refractivity contribution in [2.24, 2.45) is 0 Å². The molecule has 1 aliphatic heterocycles. The van der Waals surface area contributed by atoms with Gasteiger partial charge in [-0.3, -0.25) is 4.90 Å². The first-order chi connectivity index (χ1) is 7.65. The van der Waals surface area contributed by atoms with E-state index in [4.69, 9.17) is 9.26 Å². The van der Waals surface area contributed by atoms with Gasteiger partial charge in [0.05, 0.1) is 19.3 Å². The minimum atomic E-state index is 0.293. The van der Waals surface area contributed by atoms with Gasteiger partial charge in [0.15, 0.2) is 5.82 Å². The number of morpholine rings is 1. The van der Waals surface area contributed by atoms with Gasteiger partial charge in [0.1, 0.15) is 0 Å². The van der Waals surface area contributed by atoms with E-state index in [-0.39, 0.29) is 0 Å². The van der Waals surface area contributed by atoms with Crippen molar-refractivity contribution in [2.75, 3.05) is 19.7 Å². The fourth-order valence-corrected chi connectivity index (χ4v) is 1.79. The van der Waals surface area contributed by atoms with E-state index in [0.717, 1.165) is 32.1 Å². The van der Waals surface area contributed by atoms with Crippen LogP contribution in [0.2, 0.25) is 0 Å². The van der Waals surface area contributed by atoms with Crippen LogP contribution in [0.15, 0.2) is 4.52 Å². The molecule has 1 fully saturated rings. The summed E-state index contributed by atoms with van der Waals surface area (Å²) in [5, 5.41) is 3.96. The van der Waals surface area contributed by atoms with E-state index in [1.807, 2.05) is 0 Å². The molecule has 5 nitrogen and oxygen atoms in total. The van der Waals surface area contributed by atoms with Crippen LogP contribution in [-0.4, -0.2) is 40.8 Å². The fraction of sp³-hybridized carbons (Fsp3) is 0.818. The molecule has 2 rings (SSSR count). The number of aromatic nitrogens is 2. The monoisotopic (exact) mass is 225 g/mol. The summed E-state index contributed by atoms with van der Waals surface area (Å²) in [6.45, 7) is 9.58. The minimum Gasteiger partial charge on any atom is -0.376 e. The summed E-state index contributed by atoms with van der Waals surface area (Å²) in [7, 11) is 0. The zero-order valence-corrected chi connectivity index (χ0v) is 10.1. The molecule has 1 atom stereocenters. The molecule has 16 heavy (non-hydrogen) atoms. The normalized spacial score (nSPS) is 22.9. The second-order valence-corrected chi connectivity index (χ2v) is 4.62. The van der Waals surface area contributed by atoms with Crippen LogP contribution in [0.25, 0.3) is 0 Å². The Morgan fingerprint density at radius 2 is 2.31 bits per heavy atom. The minimum absolute atomic E-state index is 0.293. The van der Waals surface area contributed by atoms with Gasteiger partial charge in [-0.2, -0.15) is 4.98 Å². The lowest BCUT2D eigenvalue weighted by atomic mass is 10.2. The molecule has 90 valence electrons. The summed E-state index contributed by atoms with van der Waals surface area (Å²) < 4.78 is 10.7. The Balaban J connectivity index is 1.92. The van der Waals surface area contributed by atoms with Gasteiger partial charge in [-0.1, -0.05) is 19.0 Å². The molecule has 1 aromatic heterocycles. The van der Waals surface area contributed by atoms with Crippen molar-refractivity contribution in [3.8, 4) is 0 Å². The molecule has 0 spiro atoms. The van der Waals surface area contributed by atoms with Crippen molar-refractivity contribution in [1.29, 1.82) is 0 Å². The highest BCUT2D eigenvalue weighted by atomic mass is 16.5. The Bertz CT molecular complexity index is 338. The van der Waals surface area contributed by atoms with Crippen molar-refractivity contribution in [2.45, 2.75) is 39.3 Å². The van der Waals surface area contributed by atoms with Gasteiger partial charge < -0.3 is 9.26 Å². The zero-order valence-electron chi connectivity index (χ0n) is 10.1. The van der Waals surface area contributed by atoms with Gasteiger partial charge in [-0.15, -0.1) is 0 Å². The predicted octanol–water partition coefficient (Wildman–Crippen LogP) is 1.41. The Labute approximate surface area is 95.8 Å². The van der Waals surface area contributed by atoms with Crippen LogP contribution >= 0.6 is 0 Å². The quantitative estimate of drug-likeness (QED) is 0.778. The average Bonchev–Trinajstić information content (AvgIpc) is 2.66. The molecule has 1 aliphatic rings. The second-order valence-electron chi connectivity index (χ2n) is 4.62. The molecule has 0 bridgehead atoms. The summed E-state index contributed by atoms with van der Waals surface area (Å²) >= 11 is 0. The van der Waals surface area contributed by atoms with Crippen molar-refractivity contribution in [3.63, 3.8) is 0 Å². The zero-order chi connectivity index (χ0) is 11.5. The lowest BCUT2D eigenvalue weighted by Crippen LogP contribution is -2.40. The molecule has 0 aliphatic carbocycles. The Morgan fingerprint density at radius 3 is 2.94 bits per heavy atom. The third-order valence-electron chi connectivity index (χ3n) is 2.68. The highest BCUT2D eigenvalue weighted by molar-refractivity contribution is 4.91. The van der Waals surface area contributed by atoms with Gasteiger partial charge in [-0.25, -0.2) is 0 Å². The molecular formula is C11H19N3O2. The number of hydrogen-bond donors (Lipinski definition) is 0. The fourth-order valence-electron chi connectivity index (χ4n) is 1.79. The molecule has 1 aromatic rings. The maximum atomic E-state index is 5.48. The molecule has 1 saturated heterocycles. The largest absolute Gasteiger partial charge is 0.376 e. The molecule has 0 aromatic carbocycles. The number of nitrogens with zero attached hydrogens (tertiary/aromatic N) is 3. The van der Waals surface area contributed by atoms with Gasteiger partial charge in [0.2, 0.25) is 5.89 Å². The van der Waals surface area contributed by atoms with Crippen LogP contribution in [0, 0.1) is 0 Å². The molecular weight excluding hydrogens is 206 g/mol. The van der Waals surface area contributed by atoms with E-state index in [9.17, 15) is 0 Å². The first-order valence-corrected chi connectivity index (χ1v) is 5.81. The smallest absolute Gasteiger partial charge is 0.240 e. The number of rotatable bonds is 3. The van der Waals surface area contributed by atoms with Crippen LogP contribution in [0.5, 0.6) is 0 Å². The third-order valence-corrected chi connectivity index (χ3v) is 2.68. The summed E-state index contributed by atoms with van der Waals surface area (Å²) in [5.74, 6) is 1.82. The molecule has 0 saturated carbocycles. The molecule has 0 N–H and O–H groups in total. The molecule has 0 unspecified atom stereocenters. The molecule has 0 radical (unpaired) electrons. The topological polar surface area (TPSA) is 51.4 Å². The maximum absolute atomic E-state index is 5.48. The number of hydrogen-bond acceptors (Lipinski definition) is 5. The van der Waals surface area contributed by atoms with Crippen LogP contribution in [0.4, 0.5) is 0 Å². The van der Waals surface area contributed by atoms with Crippen molar-refractivity contribution in [1.82, 2.24) is 15.0 Å². The Hall–Kier alpha value is -0.940. The lowest BCUT2D eigenvalue weighted by Gasteiger charge is -2.29. The summed E-state index contributed by atoms with van der Waals surface area (Å²) in [6.07, 6.45) is 0.293. The molecule has 5 heteroatoms. The van der Waals surface area contributed by atoms with E-state index in [2.05, 4.69) is 35.8 Å². The van der Waals surface area contributed by atoms with Crippen molar-refractivity contribution >= 4 is 0 Å². The van der Waals surface area contributed by atoms with E-state index < -0.39 is 0 Å². The Kier molecular flexibility index (Phi) is 3.56. The van der Waals surface area contributed by atoms with Gasteiger partial charge >= 0.3 is 0 Å². The van der Waals surface area contributed by atoms with Crippen LogP contribution < -0.4 is 0 Å². The lowest BCUT2D eigenvalue weighted by molar-refractivity contribution is -0.0240. The van der Waals surface area contributed by atoms with Crippen LogP contribution in [0.1, 0.15) is 38.4 Å². The van der Waals surface area contributed by atoms with Crippen molar-refractivity contribution < 1.29 is 9.26 Å². The van der Waals surface area contributed by atoms with E-state index >= 15 is 0 Å².